The molecule has 8 rings (SSSR count). The summed E-state index contributed by atoms with van der Waals surface area (Å²) in [5.74, 6) is 0.284. The molecule has 0 bridgehead atoms. The van der Waals surface area contributed by atoms with Crippen molar-refractivity contribution in [1.29, 1.82) is 0 Å². The van der Waals surface area contributed by atoms with Gasteiger partial charge in [-0.15, -0.1) is 4.58 Å². The fourth-order valence-corrected chi connectivity index (χ4v) is 10.2. The van der Waals surface area contributed by atoms with Crippen LogP contribution in [0.25, 0.3) is 21.5 Å². The Morgan fingerprint density at radius 1 is 0.784 bits per heavy atom. The van der Waals surface area contributed by atoms with Crippen molar-refractivity contribution in [1.82, 2.24) is 4.90 Å². The average Bonchev–Trinajstić information content (AvgIpc) is 3.49. The number of benzene rings is 4. The summed E-state index contributed by atoms with van der Waals surface area (Å²) in [6, 6.07) is 24.0. The second-order valence-electron chi connectivity index (χ2n) is 18.5. The molecule has 4 aromatic carbocycles. The molecule has 4 nitrogen and oxygen atoms in total. The SMILES string of the molecule is CC(C)C1=CN(C(C)C)C2(c3c(cc(C(C)(C)C)c4ccccc34)C3=[N+]2C=NC2C3c3c(c(C(C)C)cc4ccccc34)C2(C)C)[N+](C(C)C)=C1. The summed E-state index contributed by atoms with van der Waals surface area (Å²) in [7, 11) is 0. The molecule has 0 amide bonds. The molecule has 0 fully saturated rings. The van der Waals surface area contributed by atoms with Crippen LogP contribution in [0, 0.1) is 5.92 Å². The zero-order chi connectivity index (χ0) is 36.5. The Kier molecular flexibility index (Phi) is 7.50. The first kappa shape index (κ1) is 34.1. The third kappa shape index (κ3) is 4.47. The van der Waals surface area contributed by atoms with Crippen molar-refractivity contribution >= 4 is 39.8 Å². The molecule has 3 atom stereocenters. The molecule has 3 aliphatic heterocycles. The van der Waals surface area contributed by atoms with Gasteiger partial charge in [0.05, 0.1) is 5.92 Å². The second kappa shape index (κ2) is 11.2. The molecule has 51 heavy (non-hydrogen) atoms. The predicted octanol–water partition coefficient (Wildman–Crippen LogP) is 10.6. The van der Waals surface area contributed by atoms with Crippen molar-refractivity contribution in [2.75, 3.05) is 0 Å². The number of nitrogens with zero attached hydrogens (tertiary/aromatic N) is 4. The van der Waals surface area contributed by atoms with Gasteiger partial charge in [-0.05, 0) is 94.8 Å². The van der Waals surface area contributed by atoms with E-state index in [-0.39, 0.29) is 34.9 Å². The highest BCUT2D eigenvalue weighted by Gasteiger charge is 2.69. The Morgan fingerprint density at radius 2 is 1.43 bits per heavy atom. The van der Waals surface area contributed by atoms with Crippen LogP contribution in [0.4, 0.5) is 0 Å². The molecule has 0 saturated carbocycles. The van der Waals surface area contributed by atoms with Gasteiger partial charge in [-0.1, -0.05) is 122 Å². The number of rotatable bonds is 4. The van der Waals surface area contributed by atoms with E-state index in [1.807, 2.05) is 0 Å². The van der Waals surface area contributed by atoms with Crippen molar-refractivity contribution < 1.29 is 9.15 Å². The Hall–Kier alpha value is -4.05. The maximum atomic E-state index is 5.73. The summed E-state index contributed by atoms with van der Waals surface area (Å²) in [4.78, 5) is 8.40. The molecule has 0 aromatic heterocycles. The highest BCUT2D eigenvalue weighted by molar-refractivity contribution is 6.14. The Bertz CT molecular complexity index is 2250. The van der Waals surface area contributed by atoms with Crippen molar-refractivity contribution in [3.8, 4) is 0 Å². The summed E-state index contributed by atoms with van der Waals surface area (Å²) in [6.07, 6.45) is 7.22. The van der Waals surface area contributed by atoms with Gasteiger partial charge in [0.1, 0.15) is 11.3 Å². The first-order valence-corrected chi connectivity index (χ1v) is 19.5. The van der Waals surface area contributed by atoms with E-state index in [9.17, 15) is 0 Å². The predicted molar refractivity (Wildman–Crippen MR) is 216 cm³/mol. The van der Waals surface area contributed by atoms with Gasteiger partial charge >= 0.3 is 5.79 Å². The lowest BCUT2D eigenvalue weighted by Crippen LogP contribution is -2.64. The summed E-state index contributed by atoms with van der Waals surface area (Å²) in [6.45, 7) is 30.9. The van der Waals surface area contributed by atoms with E-state index in [4.69, 9.17) is 4.99 Å². The minimum Gasteiger partial charge on any atom is -0.273 e. The summed E-state index contributed by atoms with van der Waals surface area (Å²) in [5.41, 5.74) is 11.2. The van der Waals surface area contributed by atoms with Crippen LogP contribution in [-0.2, 0) is 16.6 Å². The summed E-state index contributed by atoms with van der Waals surface area (Å²) >= 11 is 0. The fraction of sp³-hybridized carbons (Fsp3) is 0.468. The second-order valence-corrected chi connectivity index (χ2v) is 18.5. The Labute approximate surface area is 306 Å². The van der Waals surface area contributed by atoms with Gasteiger partial charge in [0.2, 0.25) is 0 Å². The third-order valence-electron chi connectivity index (χ3n) is 12.5. The van der Waals surface area contributed by atoms with E-state index in [0.29, 0.717) is 11.8 Å². The quantitative estimate of drug-likeness (QED) is 0.197. The van der Waals surface area contributed by atoms with Crippen molar-refractivity contribution in [3.63, 3.8) is 0 Å². The molecular formula is C47H58N4+2. The number of allylic oxidation sites excluding steroid dienone is 1. The number of aliphatic imine (C=N–C) groups is 1. The minimum atomic E-state index is -0.631. The smallest absolute Gasteiger partial charge is 0.273 e. The molecule has 1 aliphatic carbocycles. The molecule has 0 radical (unpaired) electrons. The maximum absolute atomic E-state index is 5.73. The van der Waals surface area contributed by atoms with Crippen LogP contribution in [-0.4, -0.2) is 50.4 Å². The van der Waals surface area contributed by atoms with E-state index >= 15 is 0 Å². The standard InChI is InChI=1S/C47H58N4/c1-27(2)32-24-49(29(5)6)47(50(25-32)30(7)8)41-35-21-17-16-20-34(35)38(45(9,10)11)23-37(41)43-40-39-33-19-15-14-18-31(33)22-36(28(3)4)42(39)46(12,13)44(40)48-26-51(43)47/h14-30,40,44H,1-13H3/q+2. The molecule has 4 heteroatoms. The molecule has 4 aromatic rings. The van der Waals surface area contributed by atoms with Crippen LogP contribution in [0.5, 0.6) is 0 Å². The summed E-state index contributed by atoms with van der Waals surface area (Å²) < 4.78 is 5.32. The van der Waals surface area contributed by atoms with Gasteiger partial charge in [-0.2, -0.15) is 4.58 Å². The van der Waals surface area contributed by atoms with E-state index < -0.39 is 5.79 Å². The first-order valence-electron chi connectivity index (χ1n) is 19.5. The third-order valence-corrected chi connectivity index (χ3v) is 12.5. The molecule has 0 saturated heterocycles. The normalized spacial score (nSPS) is 23.6. The molecule has 4 aliphatic rings. The molecule has 0 N–H and O–H groups in total. The van der Waals surface area contributed by atoms with Crippen molar-refractivity contribution in [2.45, 2.75) is 137 Å². The Morgan fingerprint density at radius 3 is 2.04 bits per heavy atom. The van der Waals surface area contributed by atoms with E-state index in [1.165, 1.54) is 66.2 Å². The van der Waals surface area contributed by atoms with Crippen LogP contribution in [0.2, 0.25) is 0 Å². The van der Waals surface area contributed by atoms with Crippen LogP contribution < -0.4 is 0 Å². The highest BCUT2D eigenvalue weighted by Crippen LogP contribution is 2.58. The zero-order valence-corrected chi connectivity index (χ0v) is 33.3. The van der Waals surface area contributed by atoms with Gasteiger partial charge in [-0.25, -0.2) is 0 Å². The van der Waals surface area contributed by atoms with Gasteiger partial charge in [0.25, 0.3) is 6.34 Å². The average molecular weight is 679 g/mol. The minimum absolute atomic E-state index is 0.0405. The van der Waals surface area contributed by atoms with E-state index in [1.54, 1.807) is 0 Å². The lowest BCUT2D eigenvalue weighted by molar-refractivity contribution is -0.837. The molecular weight excluding hydrogens is 621 g/mol. The summed E-state index contributed by atoms with van der Waals surface area (Å²) in [5, 5.41) is 5.40. The van der Waals surface area contributed by atoms with Gasteiger partial charge in [0.15, 0.2) is 18.3 Å². The van der Waals surface area contributed by atoms with Crippen molar-refractivity contribution in [2.24, 2.45) is 10.9 Å². The Balaban J connectivity index is 1.60. The topological polar surface area (TPSA) is 21.6 Å². The van der Waals surface area contributed by atoms with Crippen LogP contribution in [0.3, 0.4) is 0 Å². The lowest BCUT2D eigenvalue weighted by atomic mass is 9.76. The molecule has 264 valence electrons. The van der Waals surface area contributed by atoms with E-state index in [2.05, 4.69) is 183 Å². The molecule has 1 spiro atoms. The lowest BCUT2D eigenvalue weighted by Gasteiger charge is -2.43. The largest absolute Gasteiger partial charge is 0.417 e. The van der Waals surface area contributed by atoms with Crippen LogP contribution in [0.15, 0.2) is 77.4 Å². The first-order chi connectivity index (χ1) is 24.0. The van der Waals surface area contributed by atoms with Gasteiger partial charge in [0, 0.05) is 28.8 Å². The monoisotopic (exact) mass is 678 g/mol. The molecule has 3 unspecified atom stereocenters. The van der Waals surface area contributed by atoms with Crippen molar-refractivity contribution in [3.05, 3.63) is 106 Å². The molecule has 3 heterocycles. The van der Waals surface area contributed by atoms with Gasteiger partial charge in [-0.3, -0.25) is 4.90 Å². The van der Waals surface area contributed by atoms with Crippen LogP contribution in [0.1, 0.15) is 135 Å². The number of fused-ring (bicyclic) bond motifs is 12. The van der Waals surface area contributed by atoms with Gasteiger partial charge < -0.3 is 0 Å². The fourth-order valence-electron chi connectivity index (χ4n) is 10.2. The van der Waals surface area contributed by atoms with Crippen LogP contribution >= 0.6 is 0 Å². The number of hydrogen-bond donors (Lipinski definition) is 0. The zero-order valence-electron chi connectivity index (χ0n) is 33.3. The maximum Gasteiger partial charge on any atom is 0.417 e. The van der Waals surface area contributed by atoms with E-state index in [0.717, 1.165) is 0 Å². The number of hydrogen-bond acceptors (Lipinski definition) is 2. The highest BCUT2D eigenvalue weighted by atomic mass is 15.5.